The van der Waals surface area contributed by atoms with Gasteiger partial charge in [0.2, 0.25) is 28.2 Å². The number of anilines is 1. The van der Waals surface area contributed by atoms with Gasteiger partial charge in [-0.1, -0.05) is 6.07 Å². The average Bonchev–Trinajstić information content (AvgIpc) is 3.23. The molecular formula is C18H15N5O4S. The molecule has 0 radical (unpaired) electrons. The molecule has 0 unspecified atom stereocenters. The van der Waals surface area contributed by atoms with E-state index < -0.39 is 15.9 Å². The van der Waals surface area contributed by atoms with Crippen LogP contribution in [0, 0.1) is 11.3 Å². The standard InChI is InChI=1S/C18H15N5O4S/c1-23(28(25,26)16-7-5-13(10-19)6-8-16)11-17(24)21-15-4-2-3-14(9-15)18-22-20-12-27-18/h2-9,12H,11H2,1H3,(H,21,24). The molecule has 28 heavy (non-hydrogen) atoms. The van der Waals surface area contributed by atoms with Crippen LogP contribution in [0.15, 0.2) is 64.2 Å². The van der Waals surface area contributed by atoms with Crippen molar-refractivity contribution in [1.29, 1.82) is 5.26 Å². The van der Waals surface area contributed by atoms with E-state index in [2.05, 4.69) is 15.5 Å². The molecule has 1 heterocycles. The zero-order valence-electron chi connectivity index (χ0n) is 14.7. The number of nitriles is 1. The molecule has 10 heteroatoms. The SMILES string of the molecule is CN(CC(=O)Nc1cccc(-c2nnco2)c1)S(=O)(=O)c1ccc(C#N)cc1. The lowest BCUT2D eigenvalue weighted by atomic mass is 10.2. The maximum absolute atomic E-state index is 12.6. The lowest BCUT2D eigenvalue weighted by Gasteiger charge is -2.17. The fraction of sp³-hybridized carbons (Fsp3) is 0.111. The van der Waals surface area contributed by atoms with Crippen molar-refractivity contribution in [2.24, 2.45) is 0 Å². The fourth-order valence-electron chi connectivity index (χ4n) is 2.40. The summed E-state index contributed by atoms with van der Waals surface area (Å²) in [5.41, 5.74) is 1.43. The van der Waals surface area contributed by atoms with Crippen molar-refractivity contribution < 1.29 is 17.6 Å². The third-order valence-electron chi connectivity index (χ3n) is 3.81. The number of nitrogens with zero attached hydrogens (tertiary/aromatic N) is 4. The van der Waals surface area contributed by atoms with Gasteiger partial charge in [0, 0.05) is 18.3 Å². The summed E-state index contributed by atoms with van der Waals surface area (Å²) in [5.74, 6) is -0.209. The lowest BCUT2D eigenvalue weighted by molar-refractivity contribution is -0.116. The first-order chi connectivity index (χ1) is 13.4. The zero-order valence-corrected chi connectivity index (χ0v) is 15.5. The molecule has 9 nitrogen and oxygen atoms in total. The smallest absolute Gasteiger partial charge is 0.247 e. The van der Waals surface area contributed by atoms with Crippen LogP contribution in [0.3, 0.4) is 0 Å². The number of hydrogen-bond donors (Lipinski definition) is 1. The first-order valence-electron chi connectivity index (χ1n) is 8.03. The highest BCUT2D eigenvalue weighted by Gasteiger charge is 2.23. The maximum atomic E-state index is 12.6. The number of benzene rings is 2. The third kappa shape index (κ3) is 4.22. The van der Waals surface area contributed by atoms with Gasteiger partial charge in [0.25, 0.3) is 0 Å². The number of rotatable bonds is 6. The maximum Gasteiger partial charge on any atom is 0.247 e. The molecule has 142 valence electrons. The van der Waals surface area contributed by atoms with Gasteiger partial charge in [0.1, 0.15) is 0 Å². The molecule has 2 aromatic carbocycles. The number of carbonyl (C=O) groups excluding carboxylic acids is 1. The minimum atomic E-state index is -3.87. The number of amides is 1. The molecule has 0 saturated carbocycles. The predicted octanol–water partition coefficient (Wildman–Crippen LogP) is 1.87. The summed E-state index contributed by atoms with van der Waals surface area (Å²) in [5, 5.41) is 18.8. The van der Waals surface area contributed by atoms with E-state index in [-0.39, 0.29) is 11.4 Å². The van der Waals surface area contributed by atoms with Crippen LogP contribution >= 0.6 is 0 Å². The Balaban J connectivity index is 1.69. The van der Waals surface area contributed by atoms with Crippen LogP contribution < -0.4 is 5.32 Å². The lowest BCUT2D eigenvalue weighted by Crippen LogP contribution is -2.34. The number of nitrogens with one attached hydrogen (secondary N) is 1. The van der Waals surface area contributed by atoms with Gasteiger partial charge in [-0.2, -0.15) is 9.57 Å². The van der Waals surface area contributed by atoms with E-state index in [0.29, 0.717) is 22.7 Å². The van der Waals surface area contributed by atoms with Gasteiger partial charge in [-0.3, -0.25) is 4.79 Å². The summed E-state index contributed by atoms with van der Waals surface area (Å²) in [7, 11) is -2.56. The fourth-order valence-corrected chi connectivity index (χ4v) is 3.53. The monoisotopic (exact) mass is 397 g/mol. The van der Waals surface area contributed by atoms with Gasteiger partial charge < -0.3 is 9.73 Å². The zero-order chi connectivity index (χ0) is 20.1. The van der Waals surface area contributed by atoms with Gasteiger partial charge in [0.15, 0.2) is 0 Å². The van der Waals surface area contributed by atoms with Crippen molar-refractivity contribution >= 4 is 21.6 Å². The number of likely N-dealkylation sites (N-methyl/N-ethyl adjacent to an activating group) is 1. The first kappa shape index (κ1) is 19.2. The first-order valence-corrected chi connectivity index (χ1v) is 9.47. The van der Waals surface area contributed by atoms with Crippen molar-refractivity contribution in [3.8, 4) is 17.5 Å². The topological polar surface area (TPSA) is 129 Å². The van der Waals surface area contributed by atoms with Crippen LogP contribution in [0.5, 0.6) is 0 Å². The van der Waals surface area contributed by atoms with E-state index in [4.69, 9.17) is 9.68 Å². The molecule has 3 rings (SSSR count). The molecule has 0 atom stereocenters. The molecule has 0 spiro atoms. The van der Waals surface area contributed by atoms with Crippen LogP contribution in [0.2, 0.25) is 0 Å². The van der Waals surface area contributed by atoms with Crippen molar-refractivity contribution in [3.05, 3.63) is 60.5 Å². The Morgan fingerprint density at radius 3 is 2.64 bits per heavy atom. The minimum Gasteiger partial charge on any atom is -0.423 e. The second-order valence-corrected chi connectivity index (χ2v) is 7.82. The Kier molecular flexibility index (Phi) is 5.49. The van der Waals surface area contributed by atoms with E-state index in [1.54, 1.807) is 24.3 Å². The molecule has 0 aliphatic heterocycles. The predicted molar refractivity (Wildman–Crippen MR) is 99.3 cm³/mol. The summed E-state index contributed by atoms with van der Waals surface area (Å²) in [4.78, 5) is 12.3. The van der Waals surface area contributed by atoms with E-state index in [1.165, 1.54) is 37.7 Å². The highest BCUT2D eigenvalue weighted by molar-refractivity contribution is 7.89. The van der Waals surface area contributed by atoms with Crippen LogP contribution in [0.1, 0.15) is 5.56 Å². The molecule has 0 fully saturated rings. The van der Waals surface area contributed by atoms with E-state index in [0.717, 1.165) is 4.31 Å². The summed E-state index contributed by atoms with van der Waals surface area (Å²) in [6.45, 7) is -0.382. The molecule has 1 aromatic heterocycles. The van der Waals surface area contributed by atoms with Crippen molar-refractivity contribution in [2.75, 3.05) is 18.9 Å². The Bertz CT molecular complexity index is 1120. The number of carbonyl (C=O) groups is 1. The summed E-state index contributed by atoms with van der Waals surface area (Å²) in [6, 6.07) is 14.1. The molecule has 0 bridgehead atoms. The van der Waals surface area contributed by atoms with Crippen molar-refractivity contribution in [3.63, 3.8) is 0 Å². The normalized spacial score (nSPS) is 11.2. The summed E-state index contributed by atoms with van der Waals surface area (Å²) >= 11 is 0. The molecule has 1 amide bonds. The number of sulfonamides is 1. The Labute approximate surface area is 161 Å². The van der Waals surface area contributed by atoms with Crippen molar-refractivity contribution in [1.82, 2.24) is 14.5 Å². The Morgan fingerprint density at radius 1 is 1.25 bits per heavy atom. The molecule has 3 aromatic rings. The number of aromatic nitrogens is 2. The molecular weight excluding hydrogens is 382 g/mol. The highest BCUT2D eigenvalue weighted by Crippen LogP contribution is 2.20. The Morgan fingerprint density at radius 2 is 2.00 bits per heavy atom. The highest BCUT2D eigenvalue weighted by atomic mass is 32.2. The van der Waals surface area contributed by atoms with Gasteiger partial charge in [0.05, 0.1) is 23.1 Å². The molecule has 0 saturated heterocycles. The van der Waals surface area contributed by atoms with E-state index in [9.17, 15) is 13.2 Å². The van der Waals surface area contributed by atoms with Crippen LogP contribution in [-0.2, 0) is 14.8 Å². The second kappa shape index (κ2) is 7.99. The molecule has 0 aliphatic rings. The van der Waals surface area contributed by atoms with Crippen LogP contribution in [0.25, 0.3) is 11.5 Å². The van der Waals surface area contributed by atoms with Gasteiger partial charge in [-0.25, -0.2) is 8.42 Å². The largest absolute Gasteiger partial charge is 0.423 e. The van der Waals surface area contributed by atoms with E-state index >= 15 is 0 Å². The van der Waals surface area contributed by atoms with Crippen LogP contribution in [0.4, 0.5) is 5.69 Å². The van der Waals surface area contributed by atoms with E-state index in [1.807, 2.05) is 6.07 Å². The third-order valence-corrected chi connectivity index (χ3v) is 5.63. The number of hydrogen-bond acceptors (Lipinski definition) is 7. The van der Waals surface area contributed by atoms with Crippen molar-refractivity contribution in [2.45, 2.75) is 4.90 Å². The van der Waals surface area contributed by atoms with Gasteiger partial charge >= 0.3 is 0 Å². The minimum absolute atomic E-state index is 0.000177. The summed E-state index contributed by atoms with van der Waals surface area (Å²) in [6.07, 6.45) is 1.20. The quantitative estimate of drug-likeness (QED) is 0.672. The van der Waals surface area contributed by atoms with Gasteiger partial charge in [-0.05, 0) is 42.5 Å². The molecule has 1 N–H and O–H groups in total. The molecule has 0 aliphatic carbocycles. The van der Waals surface area contributed by atoms with Crippen LogP contribution in [-0.4, -0.2) is 42.4 Å². The Hall–Kier alpha value is -3.55. The average molecular weight is 397 g/mol. The summed E-state index contributed by atoms with van der Waals surface area (Å²) < 4.78 is 31.2. The second-order valence-electron chi connectivity index (χ2n) is 5.77. The van der Waals surface area contributed by atoms with Gasteiger partial charge in [-0.15, -0.1) is 10.2 Å².